The summed E-state index contributed by atoms with van der Waals surface area (Å²) in [6.07, 6.45) is 0. The van der Waals surface area contributed by atoms with Crippen LogP contribution in [0.2, 0.25) is 0 Å². The molecule has 0 fully saturated rings. The van der Waals surface area contributed by atoms with E-state index in [9.17, 15) is 0 Å². The molecule has 0 saturated carbocycles. The Morgan fingerprint density at radius 2 is 1.89 bits per heavy atom. The Hall–Kier alpha value is 1.30. The molecular formula is C6H3I2Ru+. The molecule has 1 aromatic rings. The molecule has 9 heavy (non-hydrogen) atoms. The Bertz CT molecular complexity index is 202. The van der Waals surface area contributed by atoms with Crippen molar-refractivity contribution in [2.45, 2.75) is 0 Å². The summed E-state index contributed by atoms with van der Waals surface area (Å²) in [7, 11) is 0. The molecule has 0 nitrogen and oxygen atoms in total. The van der Waals surface area contributed by atoms with Gasteiger partial charge in [0, 0.05) is 0 Å². The van der Waals surface area contributed by atoms with E-state index in [2.05, 4.69) is 81.7 Å². The van der Waals surface area contributed by atoms with Crippen LogP contribution in [0.4, 0.5) is 0 Å². The molecule has 0 N–H and O–H groups in total. The molecule has 1 rings (SSSR count). The number of benzene rings is 1. The molecule has 48 valence electrons. The molecule has 0 radical (unpaired) electrons. The van der Waals surface area contributed by atoms with Crippen molar-refractivity contribution in [3.63, 3.8) is 0 Å². The van der Waals surface area contributed by atoms with Gasteiger partial charge in [-0.1, -0.05) is 0 Å². The second kappa shape index (κ2) is 3.62. The molecule has 1 aromatic carbocycles. The Labute approximate surface area is 91.8 Å². The van der Waals surface area contributed by atoms with Crippen molar-refractivity contribution in [1.82, 2.24) is 0 Å². The summed E-state index contributed by atoms with van der Waals surface area (Å²) < 4.78 is 3.96. The zero-order valence-corrected chi connectivity index (χ0v) is 10.4. The first-order valence-corrected chi connectivity index (χ1v) is 5.33. The van der Waals surface area contributed by atoms with Crippen molar-refractivity contribution < 1.29 is 18.3 Å². The average molecular weight is 430 g/mol. The Balaban J connectivity index is 3.25. The second-order valence-electron chi connectivity index (χ2n) is 1.52. The predicted molar refractivity (Wildman–Crippen MR) is 51.5 cm³/mol. The van der Waals surface area contributed by atoms with Crippen molar-refractivity contribution in [3.8, 4) is 0 Å². The zero-order chi connectivity index (χ0) is 6.85. The van der Waals surface area contributed by atoms with Crippen LogP contribution in [0.15, 0.2) is 18.2 Å². The first kappa shape index (κ1) is 8.40. The summed E-state index contributed by atoms with van der Waals surface area (Å²) >= 11 is 7.29. The van der Waals surface area contributed by atoms with Gasteiger partial charge in [-0.3, -0.25) is 0 Å². The van der Waals surface area contributed by atoms with E-state index >= 15 is 0 Å². The van der Waals surface area contributed by atoms with E-state index in [1.807, 2.05) is 0 Å². The fourth-order valence-electron chi connectivity index (χ4n) is 0.472. The number of rotatable bonds is 0. The molecule has 0 saturated heterocycles. The predicted octanol–water partition coefficient (Wildman–Crippen LogP) is 2.07. The number of hydrogen-bond acceptors (Lipinski definition) is 0. The van der Waals surface area contributed by atoms with Crippen LogP contribution in [0.3, 0.4) is 0 Å². The monoisotopic (exact) mass is 431 g/mol. The minimum atomic E-state index is 1.29. The summed E-state index contributed by atoms with van der Waals surface area (Å²) in [5, 5.41) is 0. The fourth-order valence-corrected chi connectivity index (χ4v) is 2.13. The van der Waals surface area contributed by atoms with E-state index in [0.29, 0.717) is 0 Å². The van der Waals surface area contributed by atoms with Crippen LogP contribution in [0.5, 0.6) is 0 Å². The van der Waals surface area contributed by atoms with Gasteiger partial charge in [0.05, 0.1) is 0 Å². The van der Waals surface area contributed by atoms with Gasteiger partial charge in [-0.2, -0.15) is 0 Å². The van der Waals surface area contributed by atoms with Crippen LogP contribution in [0.25, 0.3) is 0 Å². The number of hydrogen-bond donors (Lipinski definition) is 0. The van der Waals surface area contributed by atoms with E-state index < -0.39 is 0 Å². The number of halogens is 2. The van der Waals surface area contributed by atoms with Gasteiger partial charge in [0.1, 0.15) is 0 Å². The van der Waals surface area contributed by atoms with E-state index in [1.165, 1.54) is 11.3 Å². The van der Waals surface area contributed by atoms with Gasteiger partial charge in [-0.15, -0.1) is 0 Å². The van der Waals surface area contributed by atoms with Crippen LogP contribution in [-0.2, 0) is 18.3 Å². The van der Waals surface area contributed by atoms with Gasteiger partial charge in [-0.05, 0) is 0 Å². The maximum atomic E-state index is 2.62. The molecule has 0 aliphatic heterocycles. The van der Waals surface area contributed by atoms with Gasteiger partial charge in [-0.25, -0.2) is 0 Å². The van der Waals surface area contributed by atoms with Gasteiger partial charge in [0.25, 0.3) is 0 Å². The van der Waals surface area contributed by atoms with Gasteiger partial charge in [0.2, 0.25) is 0 Å². The second-order valence-corrected chi connectivity index (χ2v) is 4.70. The third-order valence-electron chi connectivity index (χ3n) is 0.895. The van der Waals surface area contributed by atoms with Crippen LogP contribution in [0, 0.1) is 7.14 Å². The standard InChI is InChI=1S/C6H3I2.Ru/c7-5-3-1-2-4-6(5)8;/h1-3H;/q;+1. The molecule has 0 spiro atoms. The zero-order valence-electron chi connectivity index (χ0n) is 4.34. The summed E-state index contributed by atoms with van der Waals surface area (Å²) in [4.78, 5) is 0. The van der Waals surface area contributed by atoms with Crippen LogP contribution >= 0.6 is 45.2 Å². The van der Waals surface area contributed by atoms with Gasteiger partial charge in [0.15, 0.2) is 0 Å². The maximum absolute atomic E-state index is 2.62. The average Bonchev–Trinajstić information content (AvgIpc) is 1.83. The van der Waals surface area contributed by atoms with Gasteiger partial charge < -0.3 is 0 Å². The molecular weight excluding hydrogens is 427 g/mol. The third kappa shape index (κ3) is 2.12. The topological polar surface area (TPSA) is 0 Å². The van der Waals surface area contributed by atoms with Crippen molar-refractivity contribution in [2.24, 2.45) is 0 Å². The molecule has 0 bridgehead atoms. The Morgan fingerprint density at radius 1 is 1.22 bits per heavy atom. The Morgan fingerprint density at radius 3 is 2.33 bits per heavy atom. The quantitative estimate of drug-likeness (QED) is 0.437. The SMILES string of the molecule is [Ru+][c]1cccc(I)c1I. The molecule has 3 heteroatoms. The molecule has 0 atom stereocenters. The summed E-state index contributed by atoms with van der Waals surface area (Å²) in [5.41, 5.74) is 0. The first-order valence-electron chi connectivity index (χ1n) is 2.30. The van der Waals surface area contributed by atoms with Crippen LogP contribution in [0.1, 0.15) is 0 Å². The van der Waals surface area contributed by atoms with Crippen LogP contribution in [-0.4, -0.2) is 0 Å². The normalized spacial score (nSPS) is 9.67. The summed E-state index contributed by atoms with van der Waals surface area (Å²) in [6, 6.07) is 6.27. The van der Waals surface area contributed by atoms with E-state index in [4.69, 9.17) is 0 Å². The van der Waals surface area contributed by atoms with Crippen LogP contribution < -0.4 is 4.16 Å². The molecule has 0 aliphatic rings. The molecule has 0 heterocycles. The van der Waals surface area contributed by atoms with Crippen molar-refractivity contribution in [1.29, 1.82) is 0 Å². The van der Waals surface area contributed by atoms with Crippen molar-refractivity contribution in [2.75, 3.05) is 0 Å². The third-order valence-corrected chi connectivity index (χ3v) is 5.52. The molecule has 0 aromatic heterocycles. The summed E-state index contributed by atoms with van der Waals surface area (Å²) in [6.45, 7) is 0. The summed E-state index contributed by atoms with van der Waals surface area (Å²) in [5.74, 6) is 0. The minimum absolute atomic E-state index is 1.29. The first-order chi connectivity index (χ1) is 4.22. The molecule has 0 amide bonds. The molecule has 0 aliphatic carbocycles. The fraction of sp³-hybridized carbons (Fsp3) is 0. The van der Waals surface area contributed by atoms with E-state index in [1.54, 1.807) is 0 Å². The Kier molecular flexibility index (Phi) is 3.38. The van der Waals surface area contributed by atoms with E-state index in [-0.39, 0.29) is 0 Å². The van der Waals surface area contributed by atoms with E-state index in [0.717, 1.165) is 0 Å². The van der Waals surface area contributed by atoms with Crippen molar-refractivity contribution in [3.05, 3.63) is 25.3 Å². The van der Waals surface area contributed by atoms with Gasteiger partial charge >= 0.3 is 93.0 Å². The molecule has 0 unspecified atom stereocenters. The van der Waals surface area contributed by atoms with Crippen molar-refractivity contribution >= 4 is 49.3 Å².